The average Bonchev–Trinajstić information content (AvgIpc) is 3.45. The molecule has 2 aliphatic heterocycles. The fourth-order valence-corrected chi connectivity index (χ4v) is 5.98. The number of aromatic carboxylic acids is 1. The Morgan fingerprint density at radius 1 is 1.26 bits per heavy atom. The van der Waals surface area contributed by atoms with Crippen LogP contribution < -0.4 is 4.74 Å². The topological polar surface area (TPSA) is 76.8 Å². The molecule has 0 saturated carbocycles. The molecule has 1 fully saturated rings. The second-order valence-corrected chi connectivity index (χ2v) is 11.3. The standard InChI is InChI=1S/C29H27ClFN3O4S/c30-21-5-4-20(24(31)13-21)17-38-22-3-1-2-19(12-22)18-6-9-33(10-7-18)16-27-32-28-25(14-26(39-28)29(35)36)34(27)15-23-8-11-37-23/h1-6,12-14,23H,7-11,15-17H2,(H,35,36). The number of fused-ring (bicyclic) bond motifs is 1. The first-order chi connectivity index (χ1) is 18.9. The van der Waals surface area contributed by atoms with Crippen LogP contribution in [0, 0.1) is 5.82 Å². The largest absolute Gasteiger partial charge is 0.489 e. The quantitative estimate of drug-likeness (QED) is 0.258. The van der Waals surface area contributed by atoms with Gasteiger partial charge < -0.3 is 19.1 Å². The van der Waals surface area contributed by atoms with E-state index in [2.05, 4.69) is 21.6 Å². The van der Waals surface area contributed by atoms with Gasteiger partial charge in [-0.05, 0) is 54.3 Å². The van der Waals surface area contributed by atoms with E-state index in [1.54, 1.807) is 18.2 Å². The molecule has 1 saturated heterocycles. The molecule has 4 heterocycles. The summed E-state index contributed by atoms with van der Waals surface area (Å²) < 4.78 is 27.8. The van der Waals surface area contributed by atoms with Crippen LogP contribution in [0.5, 0.6) is 5.75 Å². The fraction of sp³-hybridized carbons (Fsp3) is 0.310. The summed E-state index contributed by atoms with van der Waals surface area (Å²) >= 11 is 7.06. The van der Waals surface area contributed by atoms with Crippen LogP contribution in [0.1, 0.15) is 39.5 Å². The molecular formula is C29H27ClFN3O4S. The van der Waals surface area contributed by atoms with Gasteiger partial charge in [-0.1, -0.05) is 35.9 Å². The Bertz CT molecular complexity index is 1560. The van der Waals surface area contributed by atoms with Gasteiger partial charge in [0, 0.05) is 30.3 Å². The predicted molar refractivity (Wildman–Crippen MR) is 149 cm³/mol. The van der Waals surface area contributed by atoms with Gasteiger partial charge >= 0.3 is 5.97 Å². The normalized spacial score (nSPS) is 17.7. The van der Waals surface area contributed by atoms with Gasteiger partial charge in [0.25, 0.3) is 0 Å². The number of carboxylic acids is 1. The molecule has 2 aromatic heterocycles. The molecule has 7 nitrogen and oxygen atoms in total. The first-order valence-corrected chi connectivity index (χ1v) is 14.0. The molecule has 39 heavy (non-hydrogen) atoms. The zero-order valence-electron chi connectivity index (χ0n) is 21.1. The van der Waals surface area contributed by atoms with E-state index in [-0.39, 0.29) is 18.5 Å². The van der Waals surface area contributed by atoms with Crippen LogP contribution in [0.25, 0.3) is 15.9 Å². The van der Waals surface area contributed by atoms with Crippen LogP contribution in [-0.2, 0) is 24.4 Å². The lowest BCUT2D eigenvalue weighted by Gasteiger charge is -2.29. The van der Waals surface area contributed by atoms with E-state index in [0.717, 1.165) is 54.3 Å². The Kier molecular flexibility index (Phi) is 7.40. The minimum atomic E-state index is -0.925. The van der Waals surface area contributed by atoms with E-state index < -0.39 is 5.97 Å². The molecule has 4 aromatic rings. The van der Waals surface area contributed by atoms with Crippen molar-refractivity contribution in [2.24, 2.45) is 0 Å². The van der Waals surface area contributed by atoms with E-state index in [4.69, 9.17) is 26.1 Å². The van der Waals surface area contributed by atoms with Gasteiger partial charge in [0.2, 0.25) is 0 Å². The molecule has 1 atom stereocenters. The monoisotopic (exact) mass is 567 g/mol. The Balaban J connectivity index is 1.13. The lowest BCUT2D eigenvalue weighted by atomic mass is 9.99. The SMILES string of the molecule is O=C(O)c1cc2c(nc(CN3CC=C(c4cccc(OCc5ccc(Cl)cc5F)c4)CC3)n2CC2CCO2)s1. The first kappa shape index (κ1) is 26.0. The summed E-state index contributed by atoms with van der Waals surface area (Å²) in [6, 6.07) is 14.2. The van der Waals surface area contributed by atoms with Gasteiger partial charge in [0.05, 0.1) is 24.7 Å². The first-order valence-electron chi connectivity index (χ1n) is 12.9. The second kappa shape index (κ2) is 11.1. The lowest BCUT2D eigenvalue weighted by Crippen LogP contribution is -2.33. The number of benzene rings is 2. The van der Waals surface area contributed by atoms with Gasteiger partial charge in [0.1, 0.15) is 33.7 Å². The number of thiophene rings is 1. The summed E-state index contributed by atoms with van der Waals surface area (Å²) in [5.41, 5.74) is 3.66. The van der Waals surface area contributed by atoms with Gasteiger partial charge in [-0.3, -0.25) is 4.90 Å². The van der Waals surface area contributed by atoms with Gasteiger partial charge in [-0.15, -0.1) is 11.3 Å². The molecule has 10 heteroatoms. The molecule has 0 amide bonds. The third kappa shape index (κ3) is 5.72. The molecule has 0 radical (unpaired) electrons. The van der Waals surface area contributed by atoms with Crippen LogP contribution in [0.2, 0.25) is 5.02 Å². The number of carbonyl (C=O) groups is 1. The van der Waals surface area contributed by atoms with Crippen LogP contribution >= 0.6 is 22.9 Å². The summed E-state index contributed by atoms with van der Waals surface area (Å²) in [5.74, 6) is 0.319. The number of hydrogen-bond acceptors (Lipinski definition) is 6. The molecule has 6 rings (SSSR count). The highest BCUT2D eigenvalue weighted by atomic mass is 35.5. The summed E-state index contributed by atoms with van der Waals surface area (Å²) in [6.07, 6.45) is 4.25. The van der Waals surface area contributed by atoms with Crippen molar-refractivity contribution in [3.8, 4) is 5.75 Å². The summed E-state index contributed by atoms with van der Waals surface area (Å²) in [7, 11) is 0. The molecule has 0 aliphatic carbocycles. The highest BCUT2D eigenvalue weighted by Crippen LogP contribution is 2.30. The van der Waals surface area contributed by atoms with E-state index in [1.807, 2.05) is 18.2 Å². The Labute approximate surface area is 234 Å². The number of ether oxygens (including phenoxy) is 2. The number of aromatic nitrogens is 2. The molecular weight excluding hydrogens is 541 g/mol. The third-order valence-corrected chi connectivity index (χ3v) is 8.43. The minimum Gasteiger partial charge on any atom is -0.489 e. The lowest BCUT2D eigenvalue weighted by molar-refractivity contribution is -0.0591. The van der Waals surface area contributed by atoms with Crippen molar-refractivity contribution < 1.29 is 23.8 Å². The maximum atomic E-state index is 14.1. The van der Waals surface area contributed by atoms with Crippen molar-refractivity contribution >= 4 is 44.8 Å². The summed E-state index contributed by atoms with van der Waals surface area (Å²) in [6.45, 7) is 3.90. The molecule has 0 bridgehead atoms. The Morgan fingerprint density at radius 3 is 2.85 bits per heavy atom. The third-order valence-electron chi connectivity index (χ3n) is 7.19. The van der Waals surface area contributed by atoms with Gasteiger partial charge in [0.15, 0.2) is 0 Å². The summed E-state index contributed by atoms with van der Waals surface area (Å²) in [5, 5.41) is 9.77. The van der Waals surface area contributed by atoms with Crippen LogP contribution in [0.15, 0.2) is 54.6 Å². The van der Waals surface area contributed by atoms with E-state index in [9.17, 15) is 14.3 Å². The van der Waals surface area contributed by atoms with Crippen molar-refractivity contribution in [3.05, 3.63) is 87.3 Å². The average molecular weight is 568 g/mol. The Morgan fingerprint density at radius 2 is 2.13 bits per heavy atom. The molecule has 0 spiro atoms. The van der Waals surface area contributed by atoms with Crippen LogP contribution in [-0.4, -0.2) is 51.3 Å². The smallest absolute Gasteiger partial charge is 0.346 e. The van der Waals surface area contributed by atoms with Gasteiger partial charge in [-0.25, -0.2) is 14.2 Å². The molecule has 2 aromatic carbocycles. The zero-order chi connectivity index (χ0) is 26.9. The van der Waals surface area contributed by atoms with E-state index in [0.29, 0.717) is 34.3 Å². The predicted octanol–water partition coefficient (Wildman–Crippen LogP) is 6.25. The number of rotatable bonds is 9. The number of carboxylic acid groups (broad SMARTS) is 1. The highest BCUT2D eigenvalue weighted by Gasteiger charge is 2.25. The molecule has 1 unspecified atom stereocenters. The van der Waals surface area contributed by atoms with Crippen molar-refractivity contribution in [1.82, 2.24) is 14.5 Å². The molecule has 1 N–H and O–H groups in total. The number of hydrogen-bond donors (Lipinski definition) is 1. The van der Waals surface area contributed by atoms with E-state index in [1.165, 1.54) is 23.0 Å². The van der Waals surface area contributed by atoms with Gasteiger partial charge in [-0.2, -0.15) is 0 Å². The maximum Gasteiger partial charge on any atom is 0.346 e. The van der Waals surface area contributed by atoms with E-state index >= 15 is 0 Å². The van der Waals surface area contributed by atoms with Crippen LogP contribution in [0.4, 0.5) is 4.39 Å². The molecule has 2 aliphatic rings. The zero-order valence-corrected chi connectivity index (χ0v) is 22.7. The number of imidazole rings is 1. The molecule has 202 valence electrons. The van der Waals surface area contributed by atoms with Crippen molar-refractivity contribution in [2.75, 3.05) is 19.7 Å². The fourth-order valence-electron chi connectivity index (χ4n) is 4.93. The highest BCUT2D eigenvalue weighted by molar-refractivity contribution is 7.20. The summed E-state index contributed by atoms with van der Waals surface area (Å²) in [4.78, 5) is 19.7. The number of halogens is 2. The number of nitrogens with zero attached hydrogens (tertiary/aromatic N) is 3. The van der Waals surface area contributed by atoms with Crippen molar-refractivity contribution in [1.29, 1.82) is 0 Å². The van der Waals surface area contributed by atoms with Crippen LogP contribution in [0.3, 0.4) is 0 Å². The van der Waals surface area contributed by atoms with Crippen molar-refractivity contribution in [3.63, 3.8) is 0 Å². The minimum absolute atomic E-state index is 0.128. The second-order valence-electron chi connectivity index (χ2n) is 9.79. The van der Waals surface area contributed by atoms with Crippen molar-refractivity contribution in [2.45, 2.75) is 38.6 Å². The maximum absolute atomic E-state index is 14.1. The Hall–Kier alpha value is -3.24.